The van der Waals surface area contributed by atoms with E-state index in [0.717, 1.165) is 15.6 Å². The van der Waals surface area contributed by atoms with E-state index in [2.05, 4.69) is 22.0 Å². The molecule has 100 valence electrons. The molecule has 0 fully saturated rings. The van der Waals surface area contributed by atoms with Crippen LogP contribution in [-0.4, -0.2) is 5.78 Å². The number of halogens is 1. The van der Waals surface area contributed by atoms with Crippen molar-refractivity contribution < 1.29 is 4.79 Å². The molecule has 0 aliphatic rings. The van der Waals surface area contributed by atoms with E-state index in [-0.39, 0.29) is 12.2 Å². The quantitative estimate of drug-likeness (QED) is 0.767. The lowest BCUT2D eigenvalue weighted by Gasteiger charge is -2.13. The van der Waals surface area contributed by atoms with Gasteiger partial charge >= 0.3 is 0 Å². The minimum absolute atomic E-state index is 0.00616. The molecule has 2 rings (SSSR count). The Hall–Kier alpha value is -1.92. The van der Waals surface area contributed by atoms with Gasteiger partial charge in [-0.05, 0) is 30.2 Å². The van der Waals surface area contributed by atoms with Crippen molar-refractivity contribution in [1.82, 2.24) is 0 Å². The third kappa shape index (κ3) is 3.15. The fourth-order valence-corrected chi connectivity index (χ4v) is 2.38. The molecule has 0 saturated heterocycles. The number of carbonyl (C=O) groups is 1. The van der Waals surface area contributed by atoms with Crippen molar-refractivity contribution in [3.05, 3.63) is 69.7 Å². The lowest BCUT2D eigenvalue weighted by molar-refractivity contribution is 0.0960. The summed E-state index contributed by atoms with van der Waals surface area (Å²) < 4.78 is 0.977. The normalized spacial score (nSPS) is 11.7. The molecule has 0 bridgehead atoms. The maximum Gasteiger partial charge on any atom is 0.171 e. The smallest absolute Gasteiger partial charge is 0.171 e. The van der Waals surface area contributed by atoms with Crippen molar-refractivity contribution in [3.63, 3.8) is 0 Å². The molecule has 1 atom stereocenters. The summed E-state index contributed by atoms with van der Waals surface area (Å²) in [4.78, 5) is 12.6. The number of aryl methyl sites for hydroxylation is 1. The first-order chi connectivity index (χ1) is 9.63. The Bertz CT molecular complexity index is 658. The van der Waals surface area contributed by atoms with Crippen molar-refractivity contribution in [2.24, 2.45) is 0 Å². The molecular formula is C17H14BrNO. The Labute approximate surface area is 127 Å². The van der Waals surface area contributed by atoms with E-state index >= 15 is 0 Å². The highest BCUT2D eigenvalue weighted by molar-refractivity contribution is 9.10. The van der Waals surface area contributed by atoms with Crippen LogP contribution in [0.5, 0.6) is 0 Å². The van der Waals surface area contributed by atoms with Gasteiger partial charge in [-0.3, -0.25) is 4.79 Å². The number of Topliss-reactive ketones (excluding diaryl/α,β-unsaturated/α-hetero) is 1. The average Bonchev–Trinajstić information content (AvgIpc) is 2.48. The predicted octanol–water partition coefficient (Wildman–Crippen LogP) is 4.64. The van der Waals surface area contributed by atoms with Gasteiger partial charge in [0.2, 0.25) is 0 Å². The van der Waals surface area contributed by atoms with Crippen molar-refractivity contribution in [2.75, 3.05) is 0 Å². The van der Waals surface area contributed by atoms with Crippen LogP contribution in [0.4, 0.5) is 0 Å². The molecule has 0 aliphatic heterocycles. The van der Waals surface area contributed by atoms with Crippen molar-refractivity contribution in [2.45, 2.75) is 19.3 Å². The molecule has 0 N–H and O–H groups in total. The Morgan fingerprint density at radius 1 is 1.25 bits per heavy atom. The molecule has 0 aliphatic carbocycles. The molecule has 0 saturated carbocycles. The molecular weight excluding hydrogens is 314 g/mol. The van der Waals surface area contributed by atoms with E-state index in [1.54, 1.807) is 6.07 Å². The zero-order chi connectivity index (χ0) is 14.5. The third-order valence-corrected chi connectivity index (χ3v) is 4.15. The first-order valence-electron chi connectivity index (χ1n) is 6.35. The van der Waals surface area contributed by atoms with Gasteiger partial charge in [-0.15, -0.1) is 0 Å². The Kier molecular flexibility index (Phi) is 4.70. The van der Waals surface area contributed by atoms with Gasteiger partial charge in [-0.25, -0.2) is 0 Å². The fourth-order valence-electron chi connectivity index (χ4n) is 2.14. The minimum atomic E-state index is -0.401. The molecule has 3 heteroatoms. The van der Waals surface area contributed by atoms with Gasteiger partial charge in [-0.1, -0.05) is 52.3 Å². The second-order valence-corrected chi connectivity index (χ2v) is 5.51. The monoisotopic (exact) mass is 327 g/mol. The number of hydrogen-bond donors (Lipinski definition) is 0. The fraction of sp³-hybridized carbons (Fsp3) is 0.176. The molecule has 0 spiro atoms. The number of rotatable bonds is 4. The number of carbonyl (C=O) groups excluding carboxylic acids is 1. The minimum Gasteiger partial charge on any atom is -0.293 e. The van der Waals surface area contributed by atoms with Crippen LogP contribution in [0.3, 0.4) is 0 Å². The van der Waals surface area contributed by atoms with Crippen LogP contribution in [0.1, 0.15) is 33.8 Å². The van der Waals surface area contributed by atoms with E-state index in [1.807, 2.05) is 49.4 Å². The number of hydrogen-bond acceptors (Lipinski definition) is 2. The molecule has 0 aromatic heterocycles. The van der Waals surface area contributed by atoms with Crippen LogP contribution < -0.4 is 0 Å². The molecule has 2 aromatic rings. The van der Waals surface area contributed by atoms with E-state index in [4.69, 9.17) is 5.26 Å². The van der Waals surface area contributed by atoms with Crippen LogP contribution in [-0.2, 0) is 0 Å². The predicted molar refractivity (Wildman–Crippen MR) is 82.6 cm³/mol. The van der Waals surface area contributed by atoms with Crippen LogP contribution in [0.25, 0.3) is 0 Å². The highest BCUT2D eigenvalue weighted by Gasteiger charge is 2.22. The summed E-state index contributed by atoms with van der Waals surface area (Å²) in [6.07, 6.45) is 0.192. The molecule has 0 radical (unpaired) electrons. The second-order valence-electron chi connectivity index (χ2n) is 4.65. The van der Waals surface area contributed by atoms with E-state index in [0.29, 0.717) is 5.56 Å². The summed E-state index contributed by atoms with van der Waals surface area (Å²) in [5.74, 6) is -0.407. The van der Waals surface area contributed by atoms with Crippen molar-refractivity contribution >= 4 is 21.7 Å². The van der Waals surface area contributed by atoms with E-state index in [1.165, 1.54) is 0 Å². The van der Waals surface area contributed by atoms with Crippen molar-refractivity contribution in [1.29, 1.82) is 5.26 Å². The molecule has 0 heterocycles. The summed E-state index contributed by atoms with van der Waals surface area (Å²) in [6, 6.07) is 17.1. The van der Waals surface area contributed by atoms with Gasteiger partial charge in [0.25, 0.3) is 0 Å². The molecule has 2 nitrogen and oxygen atoms in total. The highest BCUT2D eigenvalue weighted by Crippen LogP contribution is 2.26. The lowest BCUT2D eigenvalue weighted by Crippen LogP contribution is -2.12. The van der Waals surface area contributed by atoms with Gasteiger partial charge in [0.05, 0.1) is 12.0 Å². The Morgan fingerprint density at radius 3 is 2.55 bits per heavy atom. The summed E-state index contributed by atoms with van der Waals surface area (Å²) in [5, 5.41) is 8.98. The summed E-state index contributed by atoms with van der Waals surface area (Å²) in [7, 11) is 0. The Balaban J connectivity index is 2.37. The van der Waals surface area contributed by atoms with Crippen LogP contribution in [0.15, 0.2) is 53.0 Å². The number of nitrogens with zero attached hydrogens (tertiary/aromatic N) is 1. The zero-order valence-corrected chi connectivity index (χ0v) is 12.7. The average molecular weight is 328 g/mol. The topological polar surface area (TPSA) is 40.9 Å². The standard InChI is InChI=1S/C17H14BrNO/c1-12-11-14(7-8-16(12)18)17(20)15(9-10-19)13-5-3-2-4-6-13/h2-8,11,15H,9H2,1H3. The van der Waals surface area contributed by atoms with E-state index in [9.17, 15) is 4.79 Å². The Morgan fingerprint density at radius 2 is 1.95 bits per heavy atom. The van der Waals surface area contributed by atoms with Crippen LogP contribution >= 0.6 is 15.9 Å². The highest BCUT2D eigenvalue weighted by atomic mass is 79.9. The molecule has 2 aromatic carbocycles. The van der Waals surface area contributed by atoms with Gasteiger partial charge in [0, 0.05) is 16.5 Å². The molecule has 20 heavy (non-hydrogen) atoms. The molecule has 1 unspecified atom stereocenters. The van der Waals surface area contributed by atoms with Gasteiger partial charge in [-0.2, -0.15) is 5.26 Å². The van der Waals surface area contributed by atoms with Gasteiger partial charge in [0.15, 0.2) is 5.78 Å². The summed E-state index contributed by atoms with van der Waals surface area (Å²) in [5.41, 5.74) is 2.55. The maximum atomic E-state index is 12.6. The third-order valence-electron chi connectivity index (χ3n) is 3.26. The van der Waals surface area contributed by atoms with Gasteiger partial charge in [0.1, 0.15) is 0 Å². The number of ketones is 1. The van der Waals surface area contributed by atoms with E-state index < -0.39 is 5.92 Å². The number of nitriles is 1. The number of benzene rings is 2. The summed E-state index contributed by atoms with van der Waals surface area (Å²) in [6.45, 7) is 1.95. The molecule has 0 amide bonds. The first kappa shape index (κ1) is 14.5. The van der Waals surface area contributed by atoms with Gasteiger partial charge < -0.3 is 0 Å². The zero-order valence-electron chi connectivity index (χ0n) is 11.1. The van der Waals surface area contributed by atoms with Crippen LogP contribution in [0, 0.1) is 18.3 Å². The lowest BCUT2D eigenvalue weighted by atomic mass is 9.88. The van der Waals surface area contributed by atoms with Crippen LogP contribution in [0.2, 0.25) is 0 Å². The summed E-state index contributed by atoms with van der Waals surface area (Å²) >= 11 is 3.43. The first-order valence-corrected chi connectivity index (χ1v) is 7.15. The van der Waals surface area contributed by atoms with Crippen molar-refractivity contribution in [3.8, 4) is 6.07 Å². The largest absolute Gasteiger partial charge is 0.293 e. The maximum absolute atomic E-state index is 12.6. The second kappa shape index (κ2) is 6.49. The SMILES string of the molecule is Cc1cc(C(=O)C(CC#N)c2ccccc2)ccc1Br.